The number of esters is 1. The summed E-state index contributed by atoms with van der Waals surface area (Å²) in [6.45, 7) is 2.25. The monoisotopic (exact) mass is 276 g/mol. The molecule has 1 aromatic carbocycles. The zero-order valence-corrected chi connectivity index (χ0v) is 10.7. The van der Waals surface area contributed by atoms with Crippen molar-refractivity contribution in [2.45, 2.75) is 25.9 Å². The summed E-state index contributed by atoms with van der Waals surface area (Å²) in [6, 6.07) is 3.09. The molecule has 0 spiro atoms. The largest absolute Gasteiger partial charge is 0.493 e. The van der Waals surface area contributed by atoms with Gasteiger partial charge in [-0.1, -0.05) is 6.92 Å². The van der Waals surface area contributed by atoms with E-state index in [0.29, 0.717) is 6.61 Å². The fourth-order valence-corrected chi connectivity index (χ4v) is 1.47. The first-order valence-corrected chi connectivity index (χ1v) is 5.78. The maximum atomic E-state index is 12.6. The van der Waals surface area contributed by atoms with Crippen LogP contribution in [0.4, 0.5) is 13.2 Å². The number of benzene rings is 1. The summed E-state index contributed by atoms with van der Waals surface area (Å²) < 4.78 is 47.6. The Morgan fingerprint density at radius 1 is 1.32 bits per heavy atom. The van der Waals surface area contributed by atoms with Gasteiger partial charge in [0.25, 0.3) is 0 Å². The van der Waals surface area contributed by atoms with Gasteiger partial charge in [0.1, 0.15) is 5.75 Å². The van der Waals surface area contributed by atoms with E-state index >= 15 is 0 Å². The third-order valence-electron chi connectivity index (χ3n) is 2.41. The molecule has 0 unspecified atom stereocenters. The topological polar surface area (TPSA) is 35.5 Å². The van der Waals surface area contributed by atoms with Gasteiger partial charge in [-0.25, -0.2) is 0 Å². The quantitative estimate of drug-likeness (QED) is 0.775. The Labute approximate surface area is 109 Å². The number of hydrogen-bond acceptors (Lipinski definition) is 3. The smallest absolute Gasteiger partial charge is 0.416 e. The first-order valence-electron chi connectivity index (χ1n) is 5.78. The van der Waals surface area contributed by atoms with Gasteiger partial charge in [-0.2, -0.15) is 13.2 Å². The summed E-state index contributed by atoms with van der Waals surface area (Å²) >= 11 is 0. The normalized spacial score (nSPS) is 11.2. The maximum Gasteiger partial charge on any atom is 0.416 e. The highest BCUT2D eigenvalue weighted by Gasteiger charge is 2.31. The molecule has 0 radical (unpaired) electrons. The first kappa shape index (κ1) is 15.3. The molecule has 0 saturated carbocycles. The number of hydrogen-bond donors (Lipinski definition) is 0. The number of rotatable bonds is 5. The lowest BCUT2D eigenvalue weighted by Gasteiger charge is -2.13. The van der Waals surface area contributed by atoms with Crippen LogP contribution in [0.15, 0.2) is 18.2 Å². The van der Waals surface area contributed by atoms with Crippen molar-refractivity contribution in [2.24, 2.45) is 0 Å². The molecular formula is C13H15F3O3. The van der Waals surface area contributed by atoms with E-state index in [1.165, 1.54) is 13.2 Å². The zero-order chi connectivity index (χ0) is 14.5. The summed E-state index contributed by atoms with van der Waals surface area (Å²) in [5, 5.41) is 0. The second kappa shape index (κ2) is 6.45. The fraction of sp³-hybridized carbons (Fsp3) is 0.462. The number of ether oxygens (including phenoxy) is 2. The second-order valence-corrected chi connectivity index (χ2v) is 3.92. The van der Waals surface area contributed by atoms with Crippen molar-refractivity contribution in [2.75, 3.05) is 13.7 Å². The van der Waals surface area contributed by atoms with Gasteiger partial charge in [-0.3, -0.25) is 4.79 Å². The van der Waals surface area contributed by atoms with Crippen molar-refractivity contribution >= 4 is 5.97 Å². The first-order chi connectivity index (χ1) is 8.88. The highest BCUT2D eigenvalue weighted by Crippen LogP contribution is 2.32. The van der Waals surface area contributed by atoms with E-state index in [0.717, 1.165) is 18.6 Å². The van der Waals surface area contributed by atoms with Crippen LogP contribution in [0, 0.1) is 0 Å². The van der Waals surface area contributed by atoms with Crippen LogP contribution in [0.3, 0.4) is 0 Å². The Balaban J connectivity index is 3.07. The van der Waals surface area contributed by atoms with Crippen LogP contribution in [0.1, 0.15) is 24.5 Å². The molecule has 0 aliphatic carbocycles. The Hall–Kier alpha value is -1.72. The van der Waals surface area contributed by atoms with E-state index < -0.39 is 17.7 Å². The molecule has 3 nitrogen and oxygen atoms in total. The van der Waals surface area contributed by atoms with Crippen LogP contribution in [-0.2, 0) is 22.1 Å². The Morgan fingerprint density at radius 2 is 2.00 bits per heavy atom. The molecule has 0 amide bonds. The van der Waals surface area contributed by atoms with Gasteiger partial charge >= 0.3 is 12.1 Å². The molecule has 19 heavy (non-hydrogen) atoms. The van der Waals surface area contributed by atoms with Gasteiger partial charge in [-0.15, -0.1) is 0 Å². The molecule has 1 rings (SSSR count). The second-order valence-electron chi connectivity index (χ2n) is 3.92. The molecule has 0 aliphatic rings. The van der Waals surface area contributed by atoms with Crippen LogP contribution < -0.4 is 4.74 Å². The van der Waals surface area contributed by atoms with E-state index in [1.807, 2.05) is 6.92 Å². The SMILES string of the molecule is CCCOc1ccc(C(F)(F)F)cc1CC(=O)OC. The van der Waals surface area contributed by atoms with E-state index in [9.17, 15) is 18.0 Å². The predicted molar refractivity (Wildman–Crippen MR) is 63.0 cm³/mol. The zero-order valence-electron chi connectivity index (χ0n) is 10.7. The minimum atomic E-state index is -4.45. The fourth-order valence-electron chi connectivity index (χ4n) is 1.47. The molecule has 1 aromatic rings. The molecule has 0 bridgehead atoms. The lowest BCUT2D eigenvalue weighted by atomic mass is 10.1. The van der Waals surface area contributed by atoms with Gasteiger partial charge in [0.15, 0.2) is 0 Å². The van der Waals surface area contributed by atoms with Crippen molar-refractivity contribution in [3.63, 3.8) is 0 Å². The number of carbonyl (C=O) groups is 1. The molecule has 0 saturated heterocycles. The number of methoxy groups -OCH3 is 1. The van der Waals surface area contributed by atoms with Crippen LogP contribution in [0.5, 0.6) is 5.75 Å². The van der Waals surface area contributed by atoms with Crippen molar-refractivity contribution in [3.8, 4) is 5.75 Å². The molecule has 0 fully saturated rings. The van der Waals surface area contributed by atoms with Gasteiger partial charge in [0.2, 0.25) is 0 Å². The molecule has 0 N–H and O–H groups in total. The van der Waals surface area contributed by atoms with E-state index in [1.54, 1.807) is 0 Å². The van der Waals surface area contributed by atoms with Crippen LogP contribution in [-0.4, -0.2) is 19.7 Å². The van der Waals surface area contributed by atoms with E-state index in [4.69, 9.17) is 4.74 Å². The minimum absolute atomic E-state index is 0.176. The van der Waals surface area contributed by atoms with E-state index in [2.05, 4.69) is 4.74 Å². The molecule has 0 aliphatic heterocycles. The third kappa shape index (κ3) is 4.46. The van der Waals surface area contributed by atoms with Crippen LogP contribution >= 0.6 is 0 Å². The standard InChI is InChI=1S/C13H15F3O3/c1-3-6-19-11-5-4-10(13(14,15)16)7-9(11)8-12(17)18-2/h4-5,7H,3,6,8H2,1-2H3. The van der Waals surface area contributed by atoms with Crippen molar-refractivity contribution in [1.82, 2.24) is 0 Å². The average Bonchev–Trinajstić information content (AvgIpc) is 2.35. The van der Waals surface area contributed by atoms with Gasteiger partial charge < -0.3 is 9.47 Å². The van der Waals surface area contributed by atoms with Crippen LogP contribution in [0.25, 0.3) is 0 Å². The number of halogens is 3. The van der Waals surface area contributed by atoms with Gasteiger partial charge in [-0.05, 0) is 24.6 Å². The lowest BCUT2D eigenvalue weighted by molar-refractivity contribution is -0.140. The summed E-state index contributed by atoms with van der Waals surface area (Å²) in [4.78, 5) is 11.2. The summed E-state index contributed by atoms with van der Waals surface area (Å²) in [5.41, 5.74) is -0.634. The van der Waals surface area contributed by atoms with Crippen molar-refractivity contribution in [3.05, 3.63) is 29.3 Å². The molecule has 0 aromatic heterocycles. The highest BCUT2D eigenvalue weighted by atomic mass is 19.4. The van der Waals surface area contributed by atoms with E-state index in [-0.39, 0.29) is 17.7 Å². The van der Waals surface area contributed by atoms with Crippen molar-refractivity contribution < 1.29 is 27.4 Å². The van der Waals surface area contributed by atoms with Gasteiger partial charge in [0.05, 0.1) is 25.7 Å². The number of carbonyl (C=O) groups excluding carboxylic acids is 1. The summed E-state index contributed by atoms with van der Waals surface area (Å²) in [6.07, 6.45) is -3.98. The molecule has 6 heteroatoms. The summed E-state index contributed by atoms with van der Waals surface area (Å²) in [7, 11) is 1.18. The molecule has 0 heterocycles. The van der Waals surface area contributed by atoms with Crippen molar-refractivity contribution in [1.29, 1.82) is 0 Å². The Bertz CT molecular complexity index is 441. The molecular weight excluding hydrogens is 261 g/mol. The van der Waals surface area contributed by atoms with Gasteiger partial charge in [0, 0.05) is 5.56 Å². The minimum Gasteiger partial charge on any atom is -0.493 e. The molecule has 106 valence electrons. The Morgan fingerprint density at radius 3 is 2.53 bits per heavy atom. The predicted octanol–water partition coefficient (Wildman–Crippen LogP) is 3.21. The highest BCUT2D eigenvalue weighted by molar-refractivity contribution is 5.73. The average molecular weight is 276 g/mol. The third-order valence-corrected chi connectivity index (χ3v) is 2.41. The maximum absolute atomic E-state index is 12.6. The molecule has 0 atom stereocenters. The number of alkyl halides is 3. The van der Waals surface area contributed by atoms with Crippen LogP contribution in [0.2, 0.25) is 0 Å². The lowest BCUT2D eigenvalue weighted by Crippen LogP contribution is -2.10. The Kier molecular flexibility index (Phi) is 5.20. The summed E-state index contributed by atoms with van der Waals surface area (Å²) in [5.74, 6) is -0.332.